The minimum atomic E-state index is -0.736. The summed E-state index contributed by atoms with van der Waals surface area (Å²) in [4.78, 5) is 46.8. The van der Waals surface area contributed by atoms with Crippen molar-refractivity contribution in [3.05, 3.63) is 54.0 Å². The summed E-state index contributed by atoms with van der Waals surface area (Å²) in [6, 6.07) is 9.30. The fraction of sp³-hybridized carbons (Fsp3) is 0.263. The van der Waals surface area contributed by atoms with Gasteiger partial charge in [0.25, 0.3) is 17.7 Å². The predicted octanol–water partition coefficient (Wildman–Crippen LogP) is 1.30. The molecule has 2 N–H and O–H groups in total. The number of amides is 3. The maximum atomic E-state index is 11.9. The Balaban J connectivity index is 1.61. The highest BCUT2D eigenvalue weighted by Crippen LogP contribution is 2.11. The zero-order valence-electron chi connectivity index (χ0n) is 15.2. The van der Waals surface area contributed by atoms with Crippen LogP contribution in [-0.2, 0) is 14.3 Å². The number of esters is 1. The first-order chi connectivity index (χ1) is 13.5. The monoisotopic (exact) mass is 388 g/mol. The van der Waals surface area contributed by atoms with Crippen LogP contribution in [0.4, 0.5) is 0 Å². The van der Waals surface area contributed by atoms with Gasteiger partial charge in [0.15, 0.2) is 12.4 Å². The van der Waals surface area contributed by atoms with Crippen molar-refractivity contribution in [1.29, 1.82) is 0 Å². The molecule has 0 bridgehead atoms. The molecule has 0 radical (unpaired) electrons. The molecule has 1 heterocycles. The van der Waals surface area contributed by atoms with Gasteiger partial charge in [0.1, 0.15) is 5.75 Å². The molecule has 2 aromatic rings. The lowest BCUT2D eigenvalue weighted by Gasteiger charge is -2.07. The fourth-order valence-electron chi connectivity index (χ4n) is 2.13. The van der Waals surface area contributed by atoms with Crippen molar-refractivity contribution in [2.24, 2.45) is 0 Å². The quantitative estimate of drug-likeness (QED) is 0.490. The zero-order chi connectivity index (χ0) is 20.4. The predicted molar refractivity (Wildman–Crippen MR) is 96.7 cm³/mol. The molecule has 0 aliphatic carbocycles. The second kappa shape index (κ2) is 10.5. The van der Waals surface area contributed by atoms with E-state index in [1.54, 1.807) is 18.2 Å². The van der Waals surface area contributed by atoms with Gasteiger partial charge in [0.05, 0.1) is 13.4 Å². The smallest absolute Gasteiger partial charge is 0.306 e. The highest BCUT2D eigenvalue weighted by molar-refractivity contribution is 6.05. The molecule has 3 amide bonds. The molecule has 1 aromatic heterocycles. The van der Waals surface area contributed by atoms with E-state index in [4.69, 9.17) is 13.9 Å². The van der Waals surface area contributed by atoms with Crippen molar-refractivity contribution in [3.63, 3.8) is 0 Å². The number of hydrogen-bond donors (Lipinski definition) is 2. The van der Waals surface area contributed by atoms with Crippen LogP contribution in [0.2, 0.25) is 0 Å². The maximum Gasteiger partial charge on any atom is 0.306 e. The largest absolute Gasteiger partial charge is 0.497 e. The van der Waals surface area contributed by atoms with Gasteiger partial charge in [-0.25, -0.2) is 0 Å². The molecule has 0 aliphatic heterocycles. The molecule has 0 saturated carbocycles. The topological polar surface area (TPSA) is 124 Å². The van der Waals surface area contributed by atoms with Crippen molar-refractivity contribution in [2.75, 3.05) is 20.3 Å². The number of carbonyl (C=O) groups is 4. The number of nitrogens with one attached hydrogen (secondary N) is 2. The minimum absolute atomic E-state index is 0.0120. The Morgan fingerprint density at radius 2 is 1.79 bits per heavy atom. The summed E-state index contributed by atoms with van der Waals surface area (Å²) in [5.41, 5.74) is 0.271. The summed E-state index contributed by atoms with van der Waals surface area (Å²) >= 11 is 0. The molecule has 148 valence electrons. The van der Waals surface area contributed by atoms with Gasteiger partial charge in [-0.15, -0.1) is 0 Å². The summed E-state index contributed by atoms with van der Waals surface area (Å²) in [5, 5.41) is 4.71. The SMILES string of the molecule is COc1ccc(C(=O)NC(=O)COC(=O)CCCNC(=O)c2ccco2)cc1. The van der Waals surface area contributed by atoms with Crippen LogP contribution < -0.4 is 15.4 Å². The number of methoxy groups -OCH3 is 1. The number of furan rings is 1. The lowest BCUT2D eigenvalue weighted by molar-refractivity contribution is -0.148. The number of carbonyl (C=O) groups excluding carboxylic acids is 4. The van der Waals surface area contributed by atoms with E-state index >= 15 is 0 Å². The Labute approximate surface area is 161 Å². The molecule has 28 heavy (non-hydrogen) atoms. The van der Waals surface area contributed by atoms with E-state index in [0.29, 0.717) is 12.2 Å². The molecule has 0 unspecified atom stereocenters. The molecule has 9 heteroatoms. The van der Waals surface area contributed by atoms with Crippen LogP contribution in [0.1, 0.15) is 33.8 Å². The Bertz CT molecular complexity index is 813. The Morgan fingerprint density at radius 1 is 1.04 bits per heavy atom. The van der Waals surface area contributed by atoms with Crippen LogP contribution in [0.25, 0.3) is 0 Å². The van der Waals surface area contributed by atoms with Crippen LogP contribution >= 0.6 is 0 Å². The van der Waals surface area contributed by atoms with Crippen LogP contribution in [0.5, 0.6) is 5.75 Å². The van der Waals surface area contributed by atoms with E-state index in [1.165, 1.54) is 31.6 Å². The number of benzene rings is 1. The first kappa shape index (κ1) is 20.7. The minimum Gasteiger partial charge on any atom is -0.497 e. The highest BCUT2D eigenvalue weighted by Gasteiger charge is 2.13. The maximum absolute atomic E-state index is 11.9. The van der Waals surface area contributed by atoms with Gasteiger partial charge in [-0.2, -0.15) is 0 Å². The van der Waals surface area contributed by atoms with E-state index < -0.39 is 24.4 Å². The number of hydrogen-bond acceptors (Lipinski definition) is 7. The highest BCUT2D eigenvalue weighted by atomic mass is 16.5. The van der Waals surface area contributed by atoms with E-state index in [2.05, 4.69) is 10.6 Å². The standard InChI is InChI=1S/C19H20N2O7/c1-26-14-8-6-13(7-9-14)18(24)21-16(22)12-28-17(23)5-2-10-20-19(25)15-4-3-11-27-15/h3-4,6-9,11H,2,5,10,12H2,1H3,(H,20,25)(H,21,22,24). The third-order valence-corrected chi connectivity index (χ3v) is 3.56. The molecular formula is C19H20N2O7. The Kier molecular flexibility index (Phi) is 7.77. The lowest BCUT2D eigenvalue weighted by Crippen LogP contribution is -2.34. The third-order valence-electron chi connectivity index (χ3n) is 3.56. The van der Waals surface area contributed by atoms with E-state index in [0.717, 1.165) is 0 Å². The van der Waals surface area contributed by atoms with Crippen molar-refractivity contribution in [1.82, 2.24) is 10.6 Å². The van der Waals surface area contributed by atoms with E-state index in [-0.39, 0.29) is 30.2 Å². The van der Waals surface area contributed by atoms with Crippen molar-refractivity contribution >= 4 is 23.7 Å². The molecule has 9 nitrogen and oxygen atoms in total. The summed E-state index contributed by atoms with van der Waals surface area (Å²) in [6.07, 6.45) is 1.73. The second-order valence-electron chi connectivity index (χ2n) is 5.60. The Morgan fingerprint density at radius 3 is 2.43 bits per heavy atom. The zero-order valence-corrected chi connectivity index (χ0v) is 15.2. The van der Waals surface area contributed by atoms with E-state index in [1.807, 2.05) is 0 Å². The van der Waals surface area contributed by atoms with Crippen LogP contribution in [0, 0.1) is 0 Å². The lowest BCUT2D eigenvalue weighted by atomic mass is 10.2. The number of imide groups is 1. The van der Waals surface area contributed by atoms with Crippen molar-refractivity contribution in [3.8, 4) is 5.75 Å². The average molecular weight is 388 g/mol. The van der Waals surface area contributed by atoms with Crippen LogP contribution in [-0.4, -0.2) is 44.0 Å². The fourth-order valence-corrected chi connectivity index (χ4v) is 2.13. The number of ether oxygens (including phenoxy) is 2. The summed E-state index contributed by atoms with van der Waals surface area (Å²) in [5.74, 6) is -1.57. The first-order valence-corrected chi connectivity index (χ1v) is 8.45. The molecule has 2 rings (SSSR count). The van der Waals surface area contributed by atoms with Crippen LogP contribution in [0.3, 0.4) is 0 Å². The summed E-state index contributed by atoms with van der Waals surface area (Å²) < 4.78 is 14.7. The molecule has 0 saturated heterocycles. The third kappa shape index (κ3) is 6.60. The van der Waals surface area contributed by atoms with Gasteiger partial charge in [0.2, 0.25) is 0 Å². The Hall–Kier alpha value is -3.62. The molecule has 0 aliphatic rings. The van der Waals surface area contributed by atoms with Gasteiger partial charge in [0, 0.05) is 18.5 Å². The van der Waals surface area contributed by atoms with Gasteiger partial charge in [-0.3, -0.25) is 24.5 Å². The average Bonchev–Trinajstić information content (AvgIpc) is 3.24. The molecule has 0 fully saturated rings. The van der Waals surface area contributed by atoms with Gasteiger partial charge in [-0.05, 0) is 42.8 Å². The molecule has 0 atom stereocenters. The van der Waals surface area contributed by atoms with Gasteiger partial charge >= 0.3 is 5.97 Å². The molecule has 0 spiro atoms. The first-order valence-electron chi connectivity index (χ1n) is 8.45. The van der Waals surface area contributed by atoms with Gasteiger partial charge in [-0.1, -0.05) is 0 Å². The van der Waals surface area contributed by atoms with Gasteiger partial charge < -0.3 is 19.2 Å². The summed E-state index contributed by atoms with van der Waals surface area (Å²) in [7, 11) is 1.50. The van der Waals surface area contributed by atoms with Crippen molar-refractivity contribution in [2.45, 2.75) is 12.8 Å². The molecular weight excluding hydrogens is 368 g/mol. The second-order valence-corrected chi connectivity index (χ2v) is 5.60. The number of rotatable bonds is 9. The normalized spacial score (nSPS) is 10.0. The van der Waals surface area contributed by atoms with Crippen molar-refractivity contribution < 1.29 is 33.1 Å². The molecule has 1 aromatic carbocycles. The van der Waals surface area contributed by atoms with Crippen LogP contribution in [0.15, 0.2) is 47.1 Å². The van der Waals surface area contributed by atoms with E-state index in [9.17, 15) is 19.2 Å². The summed E-state index contributed by atoms with van der Waals surface area (Å²) in [6.45, 7) is -0.323.